The third-order valence-corrected chi connectivity index (χ3v) is 8.72. The van der Waals surface area contributed by atoms with Crippen LogP contribution in [-0.4, -0.2) is 68.2 Å². The van der Waals surface area contributed by atoms with Crippen LogP contribution in [0.3, 0.4) is 0 Å². The lowest BCUT2D eigenvalue weighted by atomic mass is 9.93. The van der Waals surface area contributed by atoms with E-state index in [2.05, 4.69) is 61.8 Å². The average molecular weight is 575 g/mol. The number of nitrogens with zero attached hydrogens (tertiary/aromatic N) is 4. The first kappa shape index (κ1) is 28.8. The monoisotopic (exact) mass is 574 g/mol. The summed E-state index contributed by atoms with van der Waals surface area (Å²) < 4.78 is 36.5. The zero-order valence-electron chi connectivity index (χ0n) is 24.3. The lowest BCUT2D eigenvalue weighted by Gasteiger charge is -2.26. The number of aromatic nitrogens is 3. The van der Waals surface area contributed by atoms with Crippen molar-refractivity contribution in [1.29, 1.82) is 0 Å². The van der Waals surface area contributed by atoms with E-state index in [1.54, 1.807) is 25.3 Å². The molecule has 0 radical (unpaired) electrons. The minimum absolute atomic E-state index is 0.0709. The van der Waals surface area contributed by atoms with Crippen molar-refractivity contribution in [2.75, 3.05) is 39.0 Å². The van der Waals surface area contributed by atoms with Gasteiger partial charge in [-0.2, -0.15) is 0 Å². The molecule has 0 fully saturated rings. The first-order chi connectivity index (χ1) is 19.6. The van der Waals surface area contributed by atoms with Gasteiger partial charge in [0, 0.05) is 41.9 Å². The Morgan fingerprint density at radius 3 is 2.32 bits per heavy atom. The van der Waals surface area contributed by atoms with E-state index in [1.165, 1.54) is 11.3 Å². The minimum Gasteiger partial charge on any atom is -0.497 e. The molecule has 0 saturated heterocycles. The quantitative estimate of drug-likeness (QED) is 0.290. The minimum atomic E-state index is -3.85. The molecule has 1 atom stereocenters. The highest BCUT2D eigenvalue weighted by Gasteiger charge is 2.25. The highest BCUT2D eigenvalue weighted by atomic mass is 32.2. The van der Waals surface area contributed by atoms with Crippen LogP contribution >= 0.6 is 0 Å². The number of anilines is 1. The number of nitrogens with one attached hydrogen (secondary N) is 2. The van der Waals surface area contributed by atoms with Crippen LogP contribution in [0.25, 0.3) is 16.9 Å². The van der Waals surface area contributed by atoms with E-state index in [0.29, 0.717) is 17.4 Å². The Morgan fingerprint density at radius 1 is 1.00 bits per heavy atom. The van der Waals surface area contributed by atoms with Crippen molar-refractivity contribution in [3.8, 4) is 22.7 Å². The predicted octanol–water partition coefficient (Wildman–Crippen LogP) is 4.37. The van der Waals surface area contributed by atoms with E-state index >= 15 is 0 Å². The number of benzene rings is 2. The third kappa shape index (κ3) is 6.61. The van der Waals surface area contributed by atoms with Crippen LogP contribution in [0.4, 0.5) is 5.95 Å². The van der Waals surface area contributed by atoms with Gasteiger partial charge in [-0.05, 0) is 119 Å². The van der Waals surface area contributed by atoms with Crippen LogP contribution in [0, 0.1) is 13.8 Å². The fraction of sp³-hybridized carbons (Fsp3) is 0.355. The number of methoxy groups -OCH3 is 1. The highest BCUT2D eigenvalue weighted by molar-refractivity contribution is 7.92. The molecular weight excluding hydrogens is 536 g/mol. The van der Waals surface area contributed by atoms with Crippen molar-refractivity contribution in [1.82, 2.24) is 24.8 Å². The van der Waals surface area contributed by atoms with Crippen LogP contribution < -0.4 is 14.8 Å². The Hall–Kier alpha value is -3.73. The van der Waals surface area contributed by atoms with Crippen molar-refractivity contribution in [3.05, 3.63) is 83.3 Å². The number of rotatable bonds is 10. The van der Waals surface area contributed by atoms with Gasteiger partial charge >= 0.3 is 0 Å². The van der Waals surface area contributed by atoms with E-state index < -0.39 is 10.0 Å². The van der Waals surface area contributed by atoms with Gasteiger partial charge in [0.2, 0.25) is 5.95 Å². The maximum absolute atomic E-state index is 13.1. The molecular formula is C31H38N6O3S. The van der Waals surface area contributed by atoms with Crippen LogP contribution in [-0.2, 0) is 22.9 Å². The maximum atomic E-state index is 13.1. The molecule has 0 aliphatic heterocycles. The maximum Gasteiger partial charge on any atom is 0.264 e. The number of likely N-dealkylation sites (N-methyl/N-ethyl adjacent to an activating group) is 1. The molecule has 216 valence electrons. The summed E-state index contributed by atoms with van der Waals surface area (Å²) in [6.45, 7) is 5.57. The smallest absolute Gasteiger partial charge is 0.264 e. The molecule has 0 saturated carbocycles. The molecule has 4 aromatic rings. The topological polar surface area (TPSA) is 101 Å². The zero-order chi connectivity index (χ0) is 29.1. The highest BCUT2D eigenvalue weighted by Crippen LogP contribution is 2.35. The molecule has 2 aromatic heterocycles. The molecule has 5 rings (SSSR count). The Balaban J connectivity index is 1.47. The third-order valence-electron chi connectivity index (χ3n) is 7.38. The zero-order valence-corrected chi connectivity index (χ0v) is 25.1. The first-order valence-electron chi connectivity index (χ1n) is 13.8. The number of hydrogen-bond acceptors (Lipinski definition) is 7. The lowest BCUT2D eigenvalue weighted by molar-refractivity contribution is 0.370. The van der Waals surface area contributed by atoms with Crippen LogP contribution in [0.2, 0.25) is 0 Å². The summed E-state index contributed by atoms with van der Waals surface area (Å²) in [4.78, 5) is 10.8. The number of fused-ring (bicyclic) bond motifs is 1. The molecule has 41 heavy (non-hydrogen) atoms. The van der Waals surface area contributed by atoms with E-state index in [1.807, 2.05) is 38.1 Å². The van der Waals surface area contributed by atoms with Crippen molar-refractivity contribution in [3.63, 3.8) is 0 Å². The van der Waals surface area contributed by atoms with Gasteiger partial charge in [0.15, 0.2) is 0 Å². The SMILES string of the molecule is COc1ccc(-c2cc3c(n2-c2ccc(S(=O)(=O)Nc4nc(C)cc(C)n4)cc2)CCC(NCCN(C)C)C3)cc1. The lowest BCUT2D eigenvalue weighted by Crippen LogP contribution is -2.38. The first-order valence-corrected chi connectivity index (χ1v) is 15.3. The summed E-state index contributed by atoms with van der Waals surface area (Å²) in [5.74, 6) is 0.873. The summed E-state index contributed by atoms with van der Waals surface area (Å²) in [5.41, 5.74) is 7.03. The number of ether oxygens (including phenoxy) is 1. The molecule has 0 spiro atoms. The summed E-state index contributed by atoms with van der Waals surface area (Å²) in [6, 6.07) is 19.6. The van der Waals surface area contributed by atoms with E-state index in [-0.39, 0.29) is 10.8 Å². The van der Waals surface area contributed by atoms with Crippen molar-refractivity contribution in [2.24, 2.45) is 0 Å². The molecule has 0 amide bonds. The van der Waals surface area contributed by atoms with Crippen molar-refractivity contribution >= 4 is 16.0 Å². The van der Waals surface area contributed by atoms with Crippen LogP contribution in [0.1, 0.15) is 29.1 Å². The number of hydrogen-bond donors (Lipinski definition) is 2. The van der Waals surface area contributed by atoms with E-state index in [9.17, 15) is 8.42 Å². The van der Waals surface area contributed by atoms with Crippen LogP contribution in [0.15, 0.2) is 65.6 Å². The van der Waals surface area contributed by atoms with E-state index in [4.69, 9.17) is 4.74 Å². The average Bonchev–Trinajstić information content (AvgIpc) is 3.31. The summed E-state index contributed by atoms with van der Waals surface area (Å²) in [5, 5.41) is 3.72. The summed E-state index contributed by atoms with van der Waals surface area (Å²) >= 11 is 0. The normalized spacial score (nSPS) is 15.1. The number of sulfonamides is 1. The Bertz CT molecular complexity index is 1590. The van der Waals surface area contributed by atoms with Crippen molar-refractivity contribution < 1.29 is 13.2 Å². The molecule has 1 aliphatic carbocycles. The van der Waals surface area contributed by atoms with Gasteiger partial charge in [0.25, 0.3) is 10.0 Å². The Kier molecular flexibility index (Phi) is 8.44. The summed E-state index contributed by atoms with van der Waals surface area (Å²) in [6.07, 6.45) is 2.92. The van der Waals surface area contributed by atoms with Gasteiger partial charge < -0.3 is 19.5 Å². The van der Waals surface area contributed by atoms with Crippen LogP contribution in [0.5, 0.6) is 5.75 Å². The molecule has 2 N–H and O–H groups in total. The van der Waals surface area contributed by atoms with Gasteiger partial charge in [-0.15, -0.1) is 0 Å². The van der Waals surface area contributed by atoms with Gasteiger partial charge in [0.05, 0.1) is 17.7 Å². The molecule has 1 unspecified atom stereocenters. The molecule has 9 nitrogen and oxygen atoms in total. The Labute approximate surface area is 242 Å². The second-order valence-corrected chi connectivity index (χ2v) is 12.5. The fourth-order valence-corrected chi connectivity index (χ4v) is 6.33. The predicted molar refractivity (Wildman–Crippen MR) is 162 cm³/mol. The molecule has 0 bridgehead atoms. The second-order valence-electron chi connectivity index (χ2n) is 10.8. The van der Waals surface area contributed by atoms with Gasteiger partial charge in [-0.3, -0.25) is 0 Å². The Morgan fingerprint density at radius 2 is 1.68 bits per heavy atom. The standard InChI is InChI=1S/C31H38N6O3S/c1-21-18-22(2)34-31(33-21)35-41(38,39)28-13-9-26(10-14-28)37-29-15-8-25(32-16-17-36(3)4)19-24(29)20-30(37)23-6-11-27(40-5)12-7-23/h6-7,9-14,18,20,25,32H,8,15-17,19H2,1-5H3,(H,33,34,35). The molecule has 10 heteroatoms. The fourth-order valence-electron chi connectivity index (χ4n) is 5.39. The number of aryl methyl sites for hydroxylation is 2. The molecule has 2 aromatic carbocycles. The van der Waals surface area contributed by atoms with Gasteiger partial charge in [-0.25, -0.2) is 23.1 Å². The van der Waals surface area contributed by atoms with E-state index in [0.717, 1.165) is 55.0 Å². The summed E-state index contributed by atoms with van der Waals surface area (Å²) in [7, 11) is 1.99. The second kappa shape index (κ2) is 12.0. The molecule has 2 heterocycles. The van der Waals surface area contributed by atoms with Gasteiger partial charge in [-0.1, -0.05) is 0 Å². The van der Waals surface area contributed by atoms with Crippen molar-refractivity contribution in [2.45, 2.75) is 44.0 Å². The largest absolute Gasteiger partial charge is 0.497 e. The van der Waals surface area contributed by atoms with Gasteiger partial charge in [0.1, 0.15) is 5.75 Å². The molecule has 1 aliphatic rings.